The lowest BCUT2D eigenvalue weighted by Crippen LogP contribution is -2.12. The molecule has 0 bridgehead atoms. The van der Waals surface area contributed by atoms with Gasteiger partial charge in [-0.25, -0.2) is 13.4 Å². The first-order valence-electron chi connectivity index (χ1n) is 6.52. The van der Waals surface area contributed by atoms with Crippen LogP contribution in [0.15, 0.2) is 59.9 Å². The maximum absolute atomic E-state index is 12.4. The molecule has 0 radical (unpaired) electrons. The van der Waals surface area contributed by atoms with Gasteiger partial charge in [-0.15, -0.1) is 0 Å². The van der Waals surface area contributed by atoms with E-state index in [1.54, 1.807) is 30.7 Å². The van der Waals surface area contributed by atoms with Crippen LogP contribution >= 0.6 is 23.2 Å². The molecule has 0 saturated heterocycles. The van der Waals surface area contributed by atoms with Gasteiger partial charge in [0.25, 0.3) is 10.0 Å². The molecule has 5 nitrogen and oxygen atoms in total. The normalized spacial score (nSPS) is 11.4. The highest BCUT2D eigenvalue weighted by Gasteiger charge is 2.16. The summed E-state index contributed by atoms with van der Waals surface area (Å²) in [6.07, 6.45) is 3.22. The number of sulfonamides is 1. The molecule has 0 unspecified atom stereocenters. The molecule has 3 aromatic rings. The second kappa shape index (κ2) is 6.23. The van der Waals surface area contributed by atoms with Crippen LogP contribution in [-0.4, -0.2) is 18.4 Å². The molecule has 2 N–H and O–H groups in total. The molecule has 0 aliphatic carbocycles. The van der Waals surface area contributed by atoms with Crippen LogP contribution in [0.5, 0.6) is 0 Å². The van der Waals surface area contributed by atoms with E-state index in [4.69, 9.17) is 23.2 Å². The van der Waals surface area contributed by atoms with E-state index >= 15 is 0 Å². The first-order chi connectivity index (χ1) is 11.0. The van der Waals surface area contributed by atoms with Crippen LogP contribution in [0.3, 0.4) is 0 Å². The number of aromatic nitrogens is 2. The number of nitrogens with one attached hydrogen (secondary N) is 2. The van der Waals surface area contributed by atoms with Crippen molar-refractivity contribution in [3.05, 3.63) is 65.0 Å². The van der Waals surface area contributed by atoms with E-state index in [2.05, 4.69) is 14.7 Å². The quantitative estimate of drug-likeness (QED) is 0.725. The number of aromatic amines is 1. The molecule has 0 amide bonds. The van der Waals surface area contributed by atoms with Crippen LogP contribution < -0.4 is 4.72 Å². The molecular weight excluding hydrogens is 357 g/mol. The molecule has 0 fully saturated rings. The van der Waals surface area contributed by atoms with Gasteiger partial charge < -0.3 is 4.98 Å². The molecule has 23 heavy (non-hydrogen) atoms. The van der Waals surface area contributed by atoms with Crippen molar-refractivity contribution in [3.63, 3.8) is 0 Å². The average molecular weight is 368 g/mol. The molecular formula is C15H11Cl2N3O2S. The Hall–Kier alpha value is -2.02. The summed E-state index contributed by atoms with van der Waals surface area (Å²) in [5.74, 6) is 0. The zero-order chi connectivity index (χ0) is 16.4. The summed E-state index contributed by atoms with van der Waals surface area (Å²) in [6.45, 7) is 0. The number of imidazole rings is 1. The van der Waals surface area contributed by atoms with Crippen molar-refractivity contribution in [2.75, 3.05) is 4.72 Å². The first-order valence-corrected chi connectivity index (χ1v) is 8.76. The van der Waals surface area contributed by atoms with Crippen LogP contribution in [0, 0.1) is 0 Å². The fourth-order valence-electron chi connectivity index (χ4n) is 2.02. The number of hydrogen-bond donors (Lipinski definition) is 2. The second-order valence-corrected chi connectivity index (χ2v) is 7.22. The summed E-state index contributed by atoms with van der Waals surface area (Å²) in [5, 5.41) is 0.479. The van der Waals surface area contributed by atoms with Gasteiger partial charge in [-0.2, -0.15) is 0 Å². The molecule has 0 aliphatic heterocycles. The van der Waals surface area contributed by atoms with Gasteiger partial charge >= 0.3 is 0 Å². The van der Waals surface area contributed by atoms with Gasteiger partial charge in [0.2, 0.25) is 0 Å². The van der Waals surface area contributed by atoms with E-state index in [-0.39, 0.29) is 9.92 Å². The Balaban J connectivity index is 1.91. The number of hydrogen-bond acceptors (Lipinski definition) is 3. The minimum Gasteiger partial charge on any atom is -0.345 e. The van der Waals surface area contributed by atoms with Crippen LogP contribution in [0.2, 0.25) is 10.0 Å². The Labute approximate surface area is 143 Å². The smallest absolute Gasteiger partial charge is 0.261 e. The Morgan fingerprint density at radius 2 is 1.87 bits per heavy atom. The number of rotatable bonds is 4. The fraction of sp³-hybridized carbons (Fsp3) is 0. The molecule has 1 aromatic heterocycles. The van der Waals surface area contributed by atoms with Crippen molar-refractivity contribution in [1.82, 2.24) is 9.97 Å². The van der Waals surface area contributed by atoms with Gasteiger partial charge in [0.1, 0.15) is 0 Å². The summed E-state index contributed by atoms with van der Waals surface area (Å²) in [7, 11) is -3.76. The van der Waals surface area contributed by atoms with Crippen molar-refractivity contribution < 1.29 is 8.42 Å². The van der Waals surface area contributed by atoms with Gasteiger partial charge in [-0.3, -0.25) is 4.72 Å². The Morgan fingerprint density at radius 3 is 2.57 bits per heavy atom. The molecule has 0 spiro atoms. The van der Waals surface area contributed by atoms with Gasteiger partial charge in [-0.1, -0.05) is 35.3 Å². The predicted molar refractivity (Wildman–Crippen MR) is 91.3 cm³/mol. The lowest BCUT2D eigenvalue weighted by Gasteiger charge is -2.10. The molecule has 1 heterocycles. The topological polar surface area (TPSA) is 74.8 Å². The van der Waals surface area contributed by atoms with Crippen LogP contribution in [0.4, 0.5) is 5.69 Å². The summed E-state index contributed by atoms with van der Waals surface area (Å²) >= 11 is 11.7. The average Bonchev–Trinajstić information content (AvgIpc) is 3.04. The van der Waals surface area contributed by atoms with E-state index in [1.807, 2.05) is 6.07 Å². The zero-order valence-corrected chi connectivity index (χ0v) is 14.0. The summed E-state index contributed by atoms with van der Waals surface area (Å²) in [4.78, 5) is 6.96. The first kappa shape index (κ1) is 15.9. The fourth-order valence-corrected chi connectivity index (χ4v) is 3.46. The third-order valence-corrected chi connectivity index (χ3v) is 5.24. The van der Waals surface area contributed by atoms with Crippen molar-refractivity contribution in [1.29, 1.82) is 0 Å². The summed E-state index contributed by atoms with van der Waals surface area (Å²) < 4.78 is 27.4. The van der Waals surface area contributed by atoms with Crippen LogP contribution in [-0.2, 0) is 10.0 Å². The Bertz CT molecular complexity index is 941. The minimum atomic E-state index is -3.76. The highest BCUT2D eigenvalue weighted by atomic mass is 35.5. The summed E-state index contributed by atoms with van der Waals surface area (Å²) in [5.41, 5.74) is 2.04. The lowest BCUT2D eigenvalue weighted by atomic mass is 10.1. The van der Waals surface area contributed by atoms with Crippen LogP contribution in [0.25, 0.3) is 11.3 Å². The molecule has 0 atom stereocenters. The van der Waals surface area contributed by atoms with E-state index < -0.39 is 10.0 Å². The number of anilines is 1. The van der Waals surface area contributed by atoms with Crippen molar-refractivity contribution in [2.45, 2.75) is 4.90 Å². The van der Waals surface area contributed by atoms with E-state index in [1.165, 1.54) is 18.2 Å². The van der Waals surface area contributed by atoms with E-state index in [0.29, 0.717) is 10.7 Å². The van der Waals surface area contributed by atoms with Gasteiger partial charge in [0, 0.05) is 11.3 Å². The molecule has 118 valence electrons. The third kappa shape index (κ3) is 3.50. The molecule has 0 aliphatic rings. The number of benzene rings is 2. The predicted octanol–water partition coefficient (Wildman–Crippen LogP) is 4.18. The molecule has 8 heteroatoms. The van der Waals surface area contributed by atoms with Crippen molar-refractivity contribution in [3.8, 4) is 11.3 Å². The van der Waals surface area contributed by atoms with Gasteiger partial charge in [0.05, 0.1) is 33.2 Å². The maximum Gasteiger partial charge on any atom is 0.261 e. The van der Waals surface area contributed by atoms with Gasteiger partial charge in [-0.05, 0) is 30.3 Å². The van der Waals surface area contributed by atoms with E-state index in [0.717, 1.165) is 11.3 Å². The Morgan fingerprint density at radius 1 is 1.04 bits per heavy atom. The second-order valence-electron chi connectivity index (χ2n) is 4.73. The number of halogens is 2. The van der Waals surface area contributed by atoms with E-state index in [9.17, 15) is 8.42 Å². The molecule has 2 aromatic carbocycles. The summed E-state index contributed by atoms with van der Waals surface area (Å²) in [6, 6.07) is 11.1. The van der Waals surface area contributed by atoms with Crippen molar-refractivity contribution in [2.24, 2.45) is 0 Å². The lowest BCUT2D eigenvalue weighted by molar-refractivity contribution is 0.601. The SMILES string of the molecule is O=S(=O)(Nc1cccc(-c2cnc[nH]2)c1)c1ccc(Cl)c(Cl)c1. The number of nitrogens with zero attached hydrogens (tertiary/aromatic N) is 1. The minimum absolute atomic E-state index is 0.0406. The van der Waals surface area contributed by atoms with Crippen molar-refractivity contribution >= 4 is 38.9 Å². The monoisotopic (exact) mass is 367 g/mol. The highest BCUT2D eigenvalue weighted by molar-refractivity contribution is 7.92. The highest BCUT2D eigenvalue weighted by Crippen LogP contribution is 2.27. The Kier molecular flexibility index (Phi) is 4.30. The van der Waals surface area contributed by atoms with Crippen LogP contribution in [0.1, 0.15) is 0 Å². The number of H-pyrrole nitrogens is 1. The largest absolute Gasteiger partial charge is 0.345 e. The maximum atomic E-state index is 12.4. The molecule has 0 saturated carbocycles. The third-order valence-electron chi connectivity index (χ3n) is 3.13. The zero-order valence-electron chi connectivity index (χ0n) is 11.6. The van der Waals surface area contributed by atoms with Gasteiger partial charge in [0.15, 0.2) is 0 Å². The molecule has 3 rings (SSSR count). The standard InChI is InChI=1S/C15H11Cl2N3O2S/c16-13-5-4-12(7-14(13)17)23(21,22)20-11-3-1-2-10(6-11)15-8-18-9-19-15/h1-9,20H,(H,18,19).